The number of hydrogen-bond acceptors (Lipinski definition) is 2. The number of carbonyl (C=O) groups is 1. The molecule has 0 amide bonds. The van der Waals surface area contributed by atoms with Gasteiger partial charge in [0.1, 0.15) is 0 Å². The third-order valence-electron chi connectivity index (χ3n) is 3.59. The summed E-state index contributed by atoms with van der Waals surface area (Å²) in [6.45, 7) is 0. The zero-order valence-corrected chi connectivity index (χ0v) is 15.8. The normalized spacial score (nSPS) is 10.2. The molecule has 6 heteroatoms. The Hall–Kier alpha value is -2.40. The molecule has 0 aromatic heterocycles. The lowest BCUT2D eigenvalue weighted by atomic mass is 10.0. The zero-order chi connectivity index (χ0) is 18.5. The predicted octanol–water partition coefficient (Wildman–Crippen LogP) is 6.03. The summed E-state index contributed by atoms with van der Waals surface area (Å²) in [6.07, 6.45) is 0. The van der Waals surface area contributed by atoms with Crippen molar-refractivity contribution in [3.63, 3.8) is 0 Å². The highest BCUT2D eigenvalue weighted by Gasteiger charge is 2.15. The quantitative estimate of drug-likeness (QED) is 0.414. The van der Waals surface area contributed by atoms with Crippen molar-refractivity contribution < 1.29 is 4.79 Å². The van der Waals surface area contributed by atoms with Crippen LogP contribution in [0.25, 0.3) is 0 Å². The van der Waals surface area contributed by atoms with Gasteiger partial charge in [0.2, 0.25) is 0 Å². The van der Waals surface area contributed by atoms with E-state index in [1.807, 2.05) is 30.3 Å². The fourth-order valence-electron chi connectivity index (χ4n) is 2.41. The summed E-state index contributed by atoms with van der Waals surface area (Å²) in [7, 11) is 0. The van der Waals surface area contributed by atoms with Gasteiger partial charge in [-0.2, -0.15) is 0 Å². The minimum atomic E-state index is -0.138. The minimum Gasteiger partial charge on any atom is -0.332 e. The first-order valence-electron chi connectivity index (χ1n) is 7.76. The van der Waals surface area contributed by atoms with Crippen LogP contribution in [0.4, 0.5) is 11.4 Å². The van der Waals surface area contributed by atoms with E-state index < -0.39 is 0 Å². The molecule has 0 bridgehead atoms. The summed E-state index contributed by atoms with van der Waals surface area (Å²) < 4.78 is 0. The first-order chi connectivity index (χ1) is 12.5. The van der Waals surface area contributed by atoms with Crippen molar-refractivity contribution in [2.24, 2.45) is 0 Å². The number of benzene rings is 3. The molecule has 0 unspecified atom stereocenters. The number of anilines is 2. The largest absolute Gasteiger partial charge is 0.332 e. The monoisotopic (exact) mass is 400 g/mol. The molecule has 3 aromatic carbocycles. The van der Waals surface area contributed by atoms with Gasteiger partial charge in [-0.25, -0.2) is 0 Å². The summed E-state index contributed by atoms with van der Waals surface area (Å²) in [6, 6.07) is 21.3. The van der Waals surface area contributed by atoms with Crippen LogP contribution in [-0.4, -0.2) is 10.9 Å². The van der Waals surface area contributed by atoms with Gasteiger partial charge in [0.15, 0.2) is 10.9 Å². The Morgan fingerprint density at radius 3 is 2.27 bits per heavy atom. The molecule has 0 fully saturated rings. The summed E-state index contributed by atoms with van der Waals surface area (Å²) in [5.74, 6) is -0.138. The van der Waals surface area contributed by atoms with Crippen molar-refractivity contribution in [1.29, 1.82) is 0 Å². The molecule has 0 saturated carbocycles. The Balaban J connectivity index is 1.84. The van der Waals surface area contributed by atoms with Gasteiger partial charge in [-0.15, -0.1) is 0 Å². The van der Waals surface area contributed by atoms with E-state index in [2.05, 4.69) is 10.6 Å². The van der Waals surface area contributed by atoms with Crippen molar-refractivity contribution in [3.8, 4) is 0 Å². The maximum atomic E-state index is 12.8. The molecule has 0 radical (unpaired) electrons. The minimum absolute atomic E-state index is 0.138. The molecule has 3 aromatic rings. The Morgan fingerprint density at radius 1 is 0.808 bits per heavy atom. The molecule has 0 atom stereocenters. The number of halogens is 2. The Bertz CT molecular complexity index is 961. The molecule has 3 nitrogen and oxygen atoms in total. The third kappa shape index (κ3) is 4.61. The molecule has 0 aliphatic rings. The van der Waals surface area contributed by atoms with Crippen LogP contribution in [0.2, 0.25) is 10.0 Å². The number of thiocarbonyl (C=S) groups is 1. The molecule has 0 spiro atoms. The third-order valence-corrected chi connectivity index (χ3v) is 4.27. The van der Waals surface area contributed by atoms with Crippen molar-refractivity contribution in [2.75, 3.05) is 10.6 Å². The van der Waals surface area contributed by atoms with Crippen LogP contribution in [-0.2, 0) is 0 Å². The van der Waals surface area contributed by atoms with Crippen LogP contribution < -0.4 is 10.6 Å². The maximum absolute atomic E-state index is 12.8. The molecule has 2 N–H and O–H groups in total. The molecule has 0 aliphatic carbocycles. The van der Waals surface area contributed by atoms with E-state index in [-0.39, 0.29) is 5.78 Å². The first kappa shape index (κ1) is 18.4. The molecular weight excluding hydrogens is 387 g/mol. The highest BCUT2D eigenvalue weighted by atomic mass is 35.5. The van der Waals surface area contributed by atoms with Crippen LogP contribution in [0, 0.1) is 0 Å². The molecule has 3 rings (SSSR count). The van der Waals surface area contributed by atoms with Crippen LogP contribution in [0.1, 0.15) is 15.9 Å². The van der Waals surface area contributed by atoms with E-state index in [1.165, 1.54) is 0 Å². The Labute approximate surface area is 167 Å². The second kappa shape index (κ2) is 8.32. The average molecular weight is 401 g/mol. The molecule has 0 heterocycles. The second-order valence-electron chi connectivity index (χ2n) is 5.47. The number of nitrogens with one attached hydrogen (secondary N) is 2. The highest BCUT2D eigenvalue weighted by molar-refractivity contribution is 7.80. The lowest BCUT2D eigenvalue weighted by Gasteiger charge is -2.14. The summed E-state index contributed by atoms with van der Waals surface area (Å²) in [5, 5.41) is 7.52. The second-order valence-corrected chi connectivity index (χ2v) is 6.76. The van der Waals surface area contributed by atoms with E-state index in [9.17, 15) is 4.79 Å². The van der Waals surface area contributed by atoms with E-state index in [0.29, 0.717) is 32.0 Å². The highest BCUT2D eigenvalue weighted by Crippen LogP contribution is 2.24. The summed E-state index contributed by atoms with van der Waals surface area (Å²) in [5.41, 5.74) is 2.34. The first-order valence-corrected chi connectivity index (χ1v) is 8.92. The summed E-state index contributed by atoms with van der Waals surface area (Å²) >= 11 is 17.4. The van der Waals surface area contributed by atoms with Crippen molar-refractivity contribution in [3.05, 3.63) is 94.0 Å². The van der Waals surface area contributed by atoms with Gasteiger partial charge in [-0.05, 0) is 48.6 Å². The fraction of sp³-hybridized carbons (Fsp3) is 0. The SMILES string of the molecule is O=C(c1ccccc1)c1cc(Cl)ccc1NC(=S)Nc1cccc(Cl)c1. The average Bonchev–Trinajstić information content (AvgIpc) is 2.63. The van der Waals surface area contributed by atoms with Crippen molar-refractivity contribution >= 4 is 57.7 Å². The van der Waals surface area contributed by atoms with E-state index in [4.69, 9.17) is 35.4 Å². The topological polar surface area (TPSA) is 41.1 Å². The lowest BCUT2D eigenvalue weighted by molar-refractivity contribution is 0.103. The van der Waals surface area contributed by atoms with Crippen molar-refractivity contribution in [2.45, 2.75) is 0 Å². The van der Waals surface area contributed by atoms with Crippen LogP contribution in [0.15, 0.2) is 72.8 Å². The van der Waals surface area contributed by atoms with Crippen molar-refractivity contribution in [1.82, 2.24) is 0 Å². The number of carbonyl (C=O) groups excluding carboxylic acids is 1. The molecule has 26 heavy (non-hydrogen) atoms. The number of ketones is 1. The van der Waals surface area contributed by atoms with Gasteiger partial charge in [0, 0.05) is 26.9 Å². The van der Waals surface area contributed by atoms with Crippen LogP contribution in [0.3, 0.4) is 0 Å². The van der Waals surface area contributed by atoms with E-state index in [0.717, 1.165) is 5.69 Å². The molecular formula is C20H14Cl2N2OS. The smallest absolute Gasteiger partial charge is 0.195 e. The van der Waals surface area contributed by atoms with Crippen LogP contribution in [0.5, 0.6) is 0 Å². The van der Waals surface area contributed by atoms with E-state index in [1.54, 1.807) is 42.5 Å². The summed E-state index contributed by atoms with van der Waals surface area (Å²) in [4.78, 5) is 12.8. The fourth-order valence-corrected chi connectivity index (χ4v) is 3.00. The van der Waals surface area contributed by atoms with E-state index >= 15 is 0 Å². The van der Waals surface area contributed by atoms with Gasteiger partial charge in [0.05, 0.1) is 5.69 Å². The maximum Gasteiger partial charge on any atom is 0.195 e. The van der Waals surface area contributed by atoms with Gasteiger partial charge in [0.25, 0.3) is 0 Å². The van der Waals surface area contributed by atoms with Gasteiger partial charge < -0.3 is 10.6 Å². The Morgan fingerprint density at radius 2 is 1.54 bits per heavy atom. The molecule has 0 saturated heterocycles. The lowest BCUT2D eigenvalue weighted by Crippen LogP contribution is -2.20. The molecule has 130 valence electrons. The van der Waals surface area contributed by atoms with Gasteiger partial charge in [-0.3, -0.25) is 4.79 Å². The number of rotatable bonds is 4. The standard InChI is InChI=1S/C20H14Cl2N2OS/c21-14-7-4-8-16(11-14)23-20(26)24-18-10-9-15(22)12-17(18)19(25)13-5-2-1-3-6-13/h1-12H,(H2,23,24,26). The van der Waals surface area contributed by atoms with Gasteiger partial charge in [-0.1, -0.05) is 59.6 Å². The number of hydrogen-bond donors (Lipinski definition) is 2. The molecule has 0 aliphatic heterocycles. The van der Waals surface area contributed by atoms with Crippen LogP contribution >= 0.6 is 35.4 Å². The Kier molecular flexibility index (Phi) is 5.89. The zero-order valence-electron chi connectivity index (χ0n) is 13.5. The van der Waals surface area contributed by atoms with Gasteiger partial charge >= 0.3 is 0 Å². The predicted molar refractivity (Wildman–Crippen MR) is 113 cm³/mol.